The highest BCUT2D eigenvalue weighted by molar-refractivity contribution is 6.46. The van der Waals surface area contributed by atoms with Crippen LogP contribution >= 0.6 is 0 Å². The first-order valence-electron chi connectivity index (χ1n) is 9.65. The minimum Gasteiger partial charge on any atom is -0.350 e. The predicted octanol–water partition coefficient (Wildman–Crippen LogP) is 5.69. The normalized spacial score (nSPS) is 14.3. The molecule has 0 saturated carbocycles. The fraction of sp³-hybridized carbons (Fsp3) is 0.0833. The van der Waals surface area contributed by atoms with Gasteiger partial charge in [0.05, 0.1) is 16.8 Å². The van der Waals surface area contributed by atoms with Crippen LogP contribution in [0.3, 0.4) is 0 Å². The minimum atomic E-state index is -4.61. The third kappa shape index (κ3) is 4.21. The molecule has 1 aliphatic heterocycles. The number of amides is 2. The first-order chi connectivity index (χ1) is 15.6. The molecule has 0 aromatic heterocycles. The van der Waals surface area contributed by atoms with Crippen molar-refractivity contribution in [3.8, 4) is 0 Å². The molecular weight excluding hydrogens is 443 g/mol. The van der Waals surface area contributed by atoms with E-state index < -0.39 is 35.2 Å². The lowest BCUT2D eigenvalue weighted by molar-refractivity contribution is -0.137. The van der Waals surface area contributed by atoms with Crippen molar-refractivity contribution < 1.29 is 31.5 Å². The van der Waals surface area contributed by atoms with Crippen LogP contribution in [0.2, 0.25) is 0 Å². The van der Waals surface area contributed by atoms with Crippen LogP contribution in [0.5, 0.6) is 0 Å². The summed E-state index contributed by atoms with van der Waals surface area (Å²) in [5, 5.41) is 2.62. The molecule has 0 atom stereocenters. The largest absolute Gasteiger partial charge is 0.416 e. The summed E-state index contributed by atoms with van der Waals surface area (Å²) in [5.41, 5.74) is -0.416. The molecule has 0 saturated heterocycles. The quantitative estimate of drug-likeness (QED) is 0.404. The Balaban J connectivity index is 1.82. The first-order valence-corrected chi connectivity index (χ1v) is 9.65. The van der Waals surface area contributed by atoms with Gasteiger partial charge < -0.3 is 5.32 Å². The molecule has 1 N–H and O–H groups in total. The lowest BCUT2D eigenvalue weighted by Gasteiger charge is -2.16. The van der Waals surface area contributed by atoms with Crippen molar-refractivity contribution in [1.82, 2.24) is 0 Å². The lowest BCUT2D eigenvalue weighted by atomic mass is 10.0. The van der Waals surface area contributed by atoms with Crippen molar-refractivity contribution in [1.29, 1.82) is 0 Å². The first kappa shape index (κ1) is 22.2. The zero-order valence-electron chi connectivity index (χ0n) is 17.0. The summed E-state index contributed by atoms with van der Waals surface area (Å²) in [7, 11) is 0. The van der Waals surface area contributed by atoms with Crippen molar-refractivity contribution in [3.05, 3.63) is 101 Å². The maximum Gasteiger partial charge on any atom is 0.416 e. The molecule has 4 rings (SSSR count). The van der Waals surface area contributed by atoms with Gasteiger partial charge in [0.15, 0.2) is 11.6 Å². The zero-order chi connectivity index (χ0) is 23.9. The summed E-state index contributed by atoms with van der Waals surface area (Å²) in [6.45, 7) is 1.81. The van der Waals surface area contributed by atoms with Gasteiger partial charge in [0.2, 0.25) is 0 Å². The number of hydrogen-bond acceptors (Lipinski definition) is 3. The van der Waals surface area contributed by atoms with E-state index in [2.05, 4.69) is 5.32 Å². The van der Waals surface area contributed by atoms with Gasteiger partial charge in [-0.15, -0.1) is 0 Å². The van der Waals surface area contributed by atoms with Gasteiger partial charge in [-0.3, -0.25) is 9.59 Å². The van der Waals surface area contributed by atoms with Crippen LogP contribution in [0, 0.1) is 18.6 Å². The number of carbonyl (C=O) groups excluding carboxylic acids is 2. The van der Waals surface area contributed by atoms with E-state index in [1.165, 1.54) is 6.07 Å². The van der Waals surface area contributed by atoms with E-state index >= 15 is 0 Å². The summed E-state index contributed by atoms with van der Waals surface area (Å²) >= 11 is 0. The highest BCUT2D eigenvalue weighted by Crippen LogP contribution is 2.36. The summed E-state index contributed by atoms with van der Waals surface area (Å²) < 4.78 is 66.5. The number of anilines is 2. The highest BCUT2D eigenvalue weighted by atomic mass is 19.4. The zero-order valence-corrected chi connectivity index (χ0v) is 17.0. The van der Waals surface area contributed by atoms with E-state index in [0.29, 0.717) is 16.5 Å². The number of rotatable bonds is 4. The molecule has 2 amide bonds. The maximum atomic E-state index is 13.8. The number of carbonyl (C=O) groups is 2. The second-order valence-corrected chi connectivity index (χ2v) is 7.36. The fourth-order valence-corrected chi connectivity index (χ4v) is 3.41. The molecule has 1 aliphatic rings. The van der Waals surface area contributed by atoms with E-state index in [1.54, 1.807) is 24.3 Å². The smallest absolute Gasteiger partial charge is 0.350 e. The number of imide groups is 1. The summed E-state index contributed by atoms with van der Waals surface area (Å²) in [6.07, 6.45) is -4.61. The molecule has 0 aliphatic carbocycles. The van der Waals surface area contributed by atoms with Crippen LogP contribution in [-0.2, 0) is 15.8 Å². The number of aryl methyl sites for hydroxylation is 1. The van der Waals surface area contributed by atoms with E-state index in [0.717, 1.165) is 35.9 Å². The Bertz CT molecular complexity index is 1300. The second kappa shape index (κ2) is 8.16. The van der Waals surface area contributed by atoms with Crippen LogP contribution in [-0.4, -0.2) is 11.8 Å². The third-order valence-electron chi connectivity index (χ3n) is 5.04. The van der Waals surface area contributed by atoms with Gasteiger partial charge in [-0.05, 0) is 42.8 Å². The summed E-state index contributed by atoms with van der Waals surface area (Å²) in [6, 6.07) is 13.2. The van der Waals surface area contributed by atoms with Crippen LogP contribution in [0.4, 0.5) is 33.3 Å². The van der Waals surface area contributed by atoms with Gasteiger partial charge in [0, 0.05) is 11.8 Å². The van der Waals surface area contributed by atoms with Gasteiger partial charge in [0.25, 0.3) is 11.8 Å². The molecule has 9 heteroatoms. The Morgan fingerprint density at radius 2 is 1.52 bits per heavy atom. The maximum absolute atomic E-state index is 13.8. The summed E-state index contributed by atoms with van der Waals surface area (Å²) in [4.78, 5) is 27.1. The van der Waals surface area contributed by atoms with Crippen molar-refractivity contribution >= 4 is 28.8 Å². The molecular formula is C24H15F5N2O2. The molecule has 3 aromatic rings. The Morgan fingerprint density at radius 1 is 0.818 bits per heavy atom. The van der Waals surface area contributed by atoms with Gasteiger partial charge in [-0.25, -0.2) is 13.7 Å². The topological polar surface area (TPSA) is 49.4 Å². The van der Waals surface area contributed by atoms with E-state index in [1.807, 2.05) is 6.92 Å². The van der Waals surface area contributed by atoms with Crippen molar-refractivity contribution in [3.63, 3.8) is 0 Å². The average molecular weight is 458 g/mol. The molecule has 33 heavy (non-hydrogen) atoms. The Labute approximate surface area is 185 Å². The fourth-order valence-electron chi connectivity index (χ4n) is 3.41. The average Bonchev–Trinajstić information content (AvgIpc) is 3.00. The molecule has 0 spiro atoms. The standard InChI is InChI=1S/C24H15F5N2O2/c1-13-5-7-14(8-6-13)20-21(30-16-4-2-3-15(11-16)24(27,28)29)23(33)31(22(20)32)17-9-10-18(25)19(26)12-17/h2-12,30H,1H3. The number of nitrogens with zero attached hydrogens (tertiary/aromatic N) is 1. The van der Waals surface area contributed by atoms with E-state index in [9.17, 15) is 31.5 Å². The van der Waals surface area contributed by atoms with Crippen LogP contribution in [0.1, 0.15) is 16.7 Å². The van der Waals surface area contributed by atoms with Gasteiger partial charge in [-0.2, -0.15) is 13.2 Å². The Kier molecular flexibility index (Phi) is 5.49. The molecule has 1 heterocycles. The molecule has 4 nitrogen and oxygen atoms in total. The van der Waals surface area contributed by atoms with E-state index in [4.69, 9.17) is 0 Å². The van der Waals surface area contributed by atoms with Crippen molar-refractivity contribution in [2.45, 2.75) is 13.1 Å². The van der Waals surface area contributed by atoms with Crippen LogP contribution < -0.4 is 10.2 Å². The monoisotopic (exact) mass is 458 g/mol. The van der Waals surface area contributed by atoms with Crippen molar-refractivity contribution in [2.24, 2.45) is 0 Å². The second-order valence-electron chi connectivity index (χ2n) is 7.36. The molecule has 0 radical (unpaired) electrons. The highest BCUT2D eigenvalue weighted by Gasteiger charge is 2.41. The van der Waals surface area contributed by atoms with Crippen LogP contribution in [0.15, 0.2) is 72.4 Å². The third-order valence-corrected chi connectivity index (χ3v) is 5.04. The minimum absolute atomic E-state index is 0.0716. The predicted molar refractivity (Wildman–Crippen MR) is 112 cm³/mol. The number of halogens is 5. The van der Waals surface area contributed by atoms with Gasteiger partial charge in [-0.1, -0.05) is 35.9 Å². The van der Waals surface area contributed by atoms with E-state index in [-0.39, 0.29) is 22.6 Å². The van der Waals surface area contributed by atoms with Gasteiger partial charge in [0.1, 0.15) is 5.70 Å². The lowest BCUT2D eigenvalue weighted by Crippen LogP contribution is -2.32. The van der Waals surface area contributed by atoms with Crippen molar-refractivity contribution in [2.75, 3.05) is 10.2 Å². The number of nitrogens with one attached hydrogen (secondary N) is 1. The molecule has 0 fully saturated rings. The summed E-state index contributed by atoms with van der Waals surface area (Å²) in [5.74, 6) is -4.17. The molecule has 0 bridgehead atoms. The molecule has 168 valence electrons. The number of alkyl halides is 3. The Morgan fingerprint density at radius 3 is 2.15 bits per heavy atom. The Hall–Kier alpha value is -4.01. The molecule has 0 unspecified atom stereocenters. The van der Waals surface area contributed by atoms with Gasteiger partial charge >= 0.3 is 6.18 Å². The number of hydrogen-bond donors (Lipinski definition) is 1. The molecule has 3 aromatic carbocycles. The number of benzene rings is 3. The SMILES string of the molecule is Cc1ccc(C2=C(Nc3cccc(C(F)(F)F)c3)C(=O)N(c3ccc(F)c(F)c3)C2=O)cc1. The van der Waals surface area contributed by atoms with Crippen LogP contribution in [0.25, 0.3) is 5.57 Å².